The Balaban J connectivity index is 1.62. The molecule has 2 saturated heterocycles. The number of likely N-dealkylation sites (tertiary alicyclic amines) is 1. The SMILES string of the molecule is FC(F)(F)c1nc(N2CCC(N3CCCC3)CC2)c2ccccc2n1. The Kier molecular flexibility index (Phi) is 4.27. The molecule has 0 atom stereocenters. The molecular weight excluding hydrogens is 329 g/mol. The predicted octanol–water partition coefficient (Wildman–Crippen LogP) is 3.71. The molecule has 2 aliphatic rings. The van der Waals surface area contributed by atoms with Gasteiger partial charge in [-0.15, -0.1) is 0 Å². The average Bonchev–Trinajstić information content (AvgIpc) is 3.15. The van der Waals surface area contributed by atoms with Crippen LogP contribution in [0.25, 0.3) is 10.9 Å². The number of nitrogens with zero attached hydrogens (tertiary/aromatic N) is 4. The third-order valence-electron chi connectivity index (χ3n) is 5.26. The maximum absolute atomic E-state index is 13.2. The second-order valence-corrected chi connectivity index (χ2v) is 6.85. The molecule has 1 aromatic heterocycles. The van der Waals surface area contributed by atoms with Gasteiger partial charge in [0.05, 0.1) is 5.52 Å². The van der Waals surface area contributed by atoms with Crippen molar-refractivity contribution in [2.24, 2.45) is 0 Å². The molecule has 4 nitrogen and oxygen atoms in total. The van der Waals surface area contributed by atoms with Gasteiger partial charge in [-0.25, -0.2) is 9.97 Å². The van der Waals surface area contributed by atoms with Crippen molar-refractivity contribution in [2.75, 3.05) is 31.1 Å². The lowest BCUT2D eigenvalue weighted by molar-refractivity contribution is -0.144. The standard InChI is InChI=1S/C18H21F3N4/c19-18(20,21)17-22-15-6-2-1-5-14(15)16(23-17)25-11-7-13(8-12-25)24-9-3-4-10-24/h1-2,5-6,13H,3-4,7-12H2. The third-order valence-corrected chi connectivity index (χ3v) is 5.26. The van der Waals surface area contributed by atoms with Gasteiger partial charge in [-0.2, -0.15) is 13.2 Å². The van der Waals surface area contributed by atoms with E-state index in [1.807, 2.05) is 11.0 Å². The number of rotatable bonds is 2. The lowest BCUT2D eigenvalue weighted by Crippen LogP contribution is -2.44. The summed E-state index contributed by atoms with van der Waals surface area (Å²) < 4.78 is 39.5. The highest BCUT2D eigenvalue weighted by atomic mass is 19.4. The molecule has 2 aromatic rings. The van der Waals surface area contributed by atoms with Gasteiger partial charge < -0.3 is 9.80 Å². The zero-order valence-corrected chi connectivity index (χ0v) is 14.0. The van der Waals surface area contributed by atoms with E-state index in [2.05, 4.69) is 14.9 Å². The molecule has 134 valence electrons. The quantitative estimate of drug-likeness (QED) is 0.826. The first-order chi connectivity index (χ1) is 12.0. The molecule has 0 amide bonds. The first kappa shape index (κ1) is 16.6. The number of piperidine rings is 1. The number of halogens is 3. The van der Waals surface area contributed by atoms with Crippen LogP contribution in [-0.2, 0) is 6.18 Å². The zero-order valence-electron chi connectivity index (χ0n) is 14.0. The van der Waals surface area contributed by atoms with E-state index in [1.165, 1.54) is 12.8 Å². The van der Waals surface area contributed by atoms with Crippen LogP contribution in [0, 0.1) is 0 Å². The molecule has 1 aromatic carbocycles. The van der Waals surface area contributed by atoms with Crippen molar-refractivity contribution >= 4 is 16.7 Å². The van der Waals surface area contributed by atoms with Crippen LogP contribution in [0.2, 0.25) is 0 Å². The van der Waals surface area contributed by atoms with Crippen LogP contribution in [0.3, 0.4) is 0 Å². The van der Waals surface area contributed by atoms with Gasteiger partial charge in [-0.3, -0.25) is 0 Å². The summed E-state index contributed by atoms with van der Waals surface area (Å²) in [7, 11) is 0. The van der Waals surface area contributed by atoms with Gasteiger partial charge in [0.25, 0.3) is 0 Å². The normalized spacial score (nSPS) is 20.5. The molecule has 0 radical (unpaired) electrons. The summed E-state index contributed by atoms with van der Waals surface area (Å²) in [6, 6.07) is 7.50. The van der Waals surface area contributed by atoms with E-state index in [9.17, 15) is 13.2 Å². The summed E-state index contributed by atoms with van der Waals surface area (Å²) in [5.74, 6) is -0.638. The molecule has 0 bridgehead atoms. The van der Waals surface area contributed by atoms with E-state index in [4.69, 9.17) is 0 Å². The maximum Gasteiger partial charge on any atom is 0.451 e. The number of anilines is 1. The summed E-state index contributed by atoms with van der Waals surface area (Å²) >= 11 is 0. The summed E-state index contributed by atoms with van der Waals surface area (Å²) in [6.07, 6.45) is -0.0799. The van der Waals surface area contributed by atoms with Gasteiger partial charge >= 0.3 is 6.18 Å². The van der Waals surface area contributed by atoms with Crippen molar-refractivity contribution in [3.63, 3.8) is 0 Å². The molecule has 0 saturated carbocycles. The van der Waals surface area contributed by atoms with Crippen LogP contribution in [-0.4, -0.2) is 47.1 Å². The lowest BCUT2D eigenvalue weighted by Gasteiger charge is -2.37. The van der Waals surface area contributed by atoms with E-state index < -0.39 is 12.0 Å². The van der Waals surface area contributed by atoms with Gasteiger partial charge in [-0.05, 0) is 50.9 Å². The Morgan fingerprint density at radius 1 is 0.920 bits per heavy atom. The molecule has 0 N–H and O–H groups in total. The number of para-hydroxylation sites is 1. The molecule has 0 aliphatic carbocycles. The second kappa shape index (κ2) is 6.44. The van der Waals surface area contributed by atoms with Gasteiger partial charge in [0.2, 0.25) is 5.82 Å². The smallest absolute Gasteiger partial charge is 0.356 e. The van der Waals surface area contributed by atoms with Crippen molar-refractivity contribution < 1.29 is 13.2 Å². The summed E-state index contributed by atoms with van der Waals surface area (Å²) in [5.41, 5.74) is 0.349. The molecule has 4 rings (SSSR count). The van der Waals surface area contributed by atoms with Crippen molar-refractivity contribution in [3.8, 4) is 0 Å². The number of hydrogen-bond acceptors (Lipinski definition) is 4. The number of aromatic nitrogens is 2. The number of benzene rings is 1. The fourth-order valence-electron chi connectivity index (χ4n) is 3.98. The van der Waals surface area contributed by atoms with Crippen molar-refractivity contribution in [1.82, 2.24) is 14.9 Å². The highest BCUT2D eigenvalue weighted by Crippen LogP contribution is 2.33. The van der Waals surface area contributed by atoms with Crippen LogP contribution in [0.4, 0.5) is 19.0 Å². The molecule has 3 heterocycles. The van der Waals surface area contributed by atoms with Crippen LogP contribution in [0.1, 0.15) is 31.5 Å². The number of hydrogen-bond donors (Lipinski definition) is 0. The van der Waals surface area contributed by atoms with Gasteiger partial charge in [-0.1, -0.05) is 12.1 Å². The molecule has 0 spiro atoms. The van der Waals surface area contributed by atoms with E-state index in [0.717, 1.165) is 39.0 Å². The first-order valence-electron chi connectivity index (χ1n) is 8.85. The van der Waals surface area contributed by atoms with Crippen molar-refractivity contribution in [1.29, 1.82) is 0 Å². The minimum atomic E-state index is -4.54. The zero-order chi connectivity index (χ0) is 17.4. The fourth-order valence-corrected chi connectivity index (χ4v) is 3.98. The van der Waals surface area contributed by atoms with Gasteiger partial charge in [0.1, 0.15) is 5.82 Å². The average molecular weight is 350 g/mol. The Morgan fingerprint density at radius 3 is 2.28 bits per heavy atom. The predicted molar refractivity (Wildman–Crippen MR) is 90.6 cm³/mol. The van der Waals surface area contributed by atoms with E-state index >= 15 is 0 Å². The molecule has 7 heteroatoms. The highest BCUT2D eigenvalue weighted by molar-refractivity contribution is 5.89. The summed E-state index contributed by atoms with van der Waals surface area (Å²) in [5, 5.41) is 0.690. The molecular formula is C18H21F3N4. The Morgan fingerprint density at radius 2 is 1.60 bits per heavy atom. The monoisotopic (exact) mass is 350 g/mol. The summed E-state index contributed by atoms with van der Waals surface area (Å²) in [4.78, 5) is 12.1. The van der Waals surface area contributed by atoms with Crippen molar-refractivity contribution in [2.45, 2.75) is 37.9 Å². The second-order valence-electron chi connectivity index (χ2n) is 6.85. The third kappa shape index (κ3) is 3.29. The van der Waals surface area contributed by atoms with E-state index in [1.54, 1.807) is 18.2 Å². The minimum absolute atomic E-state index is 0.349. The number of alkyl halides is 3. The van der Waals surface area contributed by atoms with Crippen molar-refractivity contribution in [3.05, 3.63) is 30.1 Å². The van der Waals surface area contributed by atoms with Gasteiger partial charge in [0.15, 0.2) is 0 Å². The number of fused-ring (bicyclic) bond motifs is 1. The highest BCUT2D eigenvalue weighted by Gasteiger charge is 2.36. The Labute approximate surface area is 144 Å². The van der Waals surface area contributed by atoms with Crippen LogP contribution in [0.15, 0.2) is 24.3 Å². The summed E-state index contributed by atoms with van der Waals surface area (Å²) in [6.45, 7) is 3.78. The largest absolute Gasteiger partial charge is 0.451 e. The Hall–Kier alpha value is -1.89. The topological polar surface area (TPSA) is 32.3 Å². The van der Waals surface area contributed by atoms with E-state index in [0.29, 0.717) is 22.8 Å². The van der Waals surface area contributed by atoms with Crippen LogP contribution < -0.4 is 4.90 Å². The minimum Gasteiger partial charge on any atom is -0.356 e. The van der Waals surface area contributed by atoms with Gasteiger partial charge in [0, 0.05) is 24.5 Å². The van der Waals surface area contributed by atoms with E-state index in [-0.39, 0.29) is 0 Å². The molecule has 0 unspecified atom stereocenters. The lowest BCUT2D eigenvalue weighted by atomic mass is 10.0. The molecule has 2 aliphatic heterocycles. The fraction of sp³-hybridized carbons (Fsp3) is 0.556. The van der Waals surface area contributed by atoms with Crippen LogP contribution in [0.5, 0.6) is 0 Å². The first-order valence-corrected chi connectivity index (χ1v) is 8.85. The molecule has 2 fully saturated rings. The van der Waals surface area contributed by atoms with Crippen LogP contribution >= 0.6 is 0 Å². The Bertz CT molecular complexity index is 748. The maximum atomic E-state index is 13.2. The molecule has 25 heavy (non-hydrogen) atoms.